The van der Waals surface area contributed by atoms with Crippen LogP contribution in [-0.2, 0) is 24.1 Å². The van der Waals surface area contributed by atoms with Crippen LogP contribution in [0.4, 0.5) is 0 Å². The maximum absolute atomic E-state index is 10.2. The summed E-state index contributed by atoms with van der Waals surface area (Å²) < 4.78 is 43.1. The Morgan fingerprint density at radius 3 is 2.43 bits per heavy atom. The summed E-state index contributed by atoms with van der Waals surface area (Å²) in [6, 6.07) is 0. The number of nitrogens with two attached hydrogens (primary N) is 1. The molecule has 0 bridgehead atoms. The second kappa shape index (κ2) is 11.6. The lowest BCUT2D eigenvalue weighted by molar-refractivity contribution is 0.0470. The molecule has 0 atom stereocenters. The van der Waals surface area contributed by atoms with Gasteiger partial charge in [-0.1, -0.05) is 13.8 Å². The molecule has 3 N–H and O–H groups in total. The molecular formula is C11H23N3O6S. The van der Waals surface area contributed by atoms with Crippen LogP contribution in [0.1, 0.15) is 13.8 Å². The summed E-state index contributed by atoms with van der Waals surface area (Å²) in [5, 5.41) is 3.55. The molecule has 0 aliphatic rings. The highest BCUT2D eigenvalue weighted by Crippen LogP contribution is 1.91. The smallest absolute Gasteiger partial charge is 0.377 e. The highest BCUT2D eigenvalue weighted by atomic mass is 32.3. The molecule has 0 unspecified atom stereocenters. The topological polar surface area (TPSA) is 133 Å². The van der Waals surface area contributed by atoms with Gasteiger partial charge in [0.05, 0.1) is 33.0 Å². The first-order chi connectivity index (χ1) is 9.85. The summed E-state index contributed by atoms with van der Waals surface area (Å²) in [6.45, 7) is 5.30. The van der Waals surface area contributed by atoms with Crippen LogP contribution in [0.3, 0.4) is 0 Å². The molecule has 0 aliphatic heterocycles. The minimum atomic E-state index is -4.41. The Morgan fingerprint density at radius 1 is 1.24 bits per heavy atom. The van der Waals surface area contributed by atoms with Gasteiger partial charge in [-0.05, 0) is 5.92 Å². The van der Waals surface area contributed by atoms with Crippen molar-refractivity contribution in [1.82, 2.24) is 0 Å². The van der Waals surface area contributed by atoms with Crippen molar-refractivity contribution in [3.63, 3.8) is 0 Å². The summed E-state index contributed by atoms with van der Waals surface area (Å²) in [5.74, 6) is 5.66. The van der Waals surface area contributed by atoms with Gasteiger partial charge in [-0.2, -0.15) is 13.5 Å². The molecule has 0 saturated carbocycles. The van der Waals surface area contributed by atoms with Gasteiger partial charge in [-0.3, -0.25) is 9.55 Å². The van der Waals surface area contributed by atoms with E-state index >= 15 is 0 Å². The highest BCUT2D eigenvalue weighted by Gasteiger charge is 2.03. The van der Waals surface area contributed by atoms with E-state index in [2.05, 4.69) is 28.1 Å². The minimum absolute atomic E-state index is 0.0246. The van der Waals surface area contributed by atoms with Gasteiger partial charge >= 0.3 is 10.4 Å². The lowest BCUT2D eigenvalue weighted by atomic mass is 10.2. The number of hydrogen-bond acceptors (Lipinski definition) is 8. The van der Waals surface area contributed by atoms with Gasteiger partial charge in [0.2, 0.25) is 0 Å². The third-order valence-corrected chi connectivity index (χ3v) is 2.42. The van der Waals surface area contributed by atoms with Crippen molar-refractivity contribution < 1.29 is 26.6 Å². The van der Waals surface area contributed by atoms with Gasteiger partial charge in [0.25, 0.3) is 0 Å². The van der Waals surface area contributed by atoms with Gasteiger partial charge < -0.3 is 15.3 Å². The molecule has 0 aromatic rings. The molecule has 0 rings (SSSR count). The summed E-state index contributed by atoms with van der Waals surface area (Å²) in [7, 11) is -4.41. The van der Waals surface area contributed by atoms with Crippen LogP contribution in [0.25, 0.3) is 0 Å². The molecular weight excluding hydrogens is 302 g/mol. The van der Waals surface area contributed by atoms with Crippen LogP contribution in [0.2, 0.25) is 0 Å². The summed E-state index contributed by atoms with van der Waals surface area (Å²) in [5.41, 5.74) is 0.519. The first kappa shape index (κ1) is 19.9. The van der Waals surface area contributed by atoms with Crippen molar-refractivity contribution in [2.75, 3.05) is 39.6 Å². The Morgan fingerprint density at radius 2 is 1.86 bits per heavy atom. The minimum Gasteiger partial charge on any atom is -0.377 e. The largest absolute Gasteiger partial charge is 0.397 e. The van der Waals surface area contributed by atoms with Gasteiger partial charge in [0.1, 0.15) is 5.71 Å². The predicted octanol–water partition coefficient (Wildman–Crippen LogP) is -0.119. The van der Waals surface area contributed by atoms with E-state index in [1.54, 1.807) is 6.21 Å². The van der Waals surface area contributed by atoms with Crippen LogP contribution >= 0.6 is 0 Å². The second-order valence-electron chi connectivity index (χ2n) is 4.42. The normalized spacial score (nSPS) is 13.4. The van der Waals surface area contributed by atoms with E-state index in [-0.39, 0.29) is 33.0 Å². The maximum Gasteiger partial charge on any atom is 0.397 e. The Kier molecular flexibility index (Phi) is 11.0. The van der Waals surface area contributed by atoms with Crippen molar-refractivity contribution in [3.8, 4) is 0 Å². The molecule has 9 nitrogen and oxygen atoms in total. The van der Waals surface area contributed by atoms with E-state index in [1.807, 2.05) is 0 Å². The zero-order valence-electron chi connectivity index (χ0n) is 12.3. The maximum atomic E-state index is 10.2. The van der Waals surface area contributed by atoms with Crippen LogP contribution in [0, 0.1) is 5.92 Å². The zero-order chi connectivity index (χ0) is 16.1. The number of hydrazone groups is 1. The Hall–Kier alpha value is -1.07. The molecule has 0 radical (unpaired) electrons. The Bertz CT molecular complexity index is 422. The first-order valence-corrected chi connectivity index (χ1v) is 7.75. The van der Waals surface area contributed by atoms with Crippen LogP contribution in [-0.4, -0.2) is 64.5 Å². The molecule has 0 heterocycles. The SMILES string of the molecule is CC(C)CN=C/C(COCCOCCOS(=O)(=O)O)=N\N. The molecule has 0 aromatic heterocycles. The summed E-state index contributed by atoms with van der Waals surface area (Å²) in [6.07, 6.45) is 1.57. The molecule has 0 fully saturated rings. The average molecular weight is 325 g/mol. The van der Waals surface area contributed by atoms with Gasteiger partial charge in [0.15, 0.2) is 0 Å². The molecule has 0 amide bonds. The number of aliphatic imine (C=N–C) groups is 1. The Labute approximate surface area is 125 Å². The van der Waals surface area contributed by atoms with E-state index in [0.29, 0.717) is 18.2 Å². The van der Waals surface area contributed by atoms with E-state index in [1.165, 1.54) is 0 Å². The molecule has 0 aromatic carbocycles. The number of hydrogen-bond donors (Lipinski definition) is 2. The van der Waals surface area contributed by atoms with E-state index < -0.39 is 10.4 Å². The van der Waals surface area contributed by atoms with E-state index in [9.17, 15) is 8.42 Å². The lowest BCUT2D eigenvalue weighted by Crippen LogP contribution is -2.17. The van der Waals surface area contributed by atoms with Crippen LogP contribution < -0.4 is 5.84 Å². The summed E-state index contributed by atoms with van der Waals surface area (Å²) >= 11 is 0. The van der Waals surface area contributed by atoms with Crippen molar-refractivity contribution in [2.24, 2.45) is 21.9 Å². The first-order valence-electron chi connectivity index (χ1n) is 6.39. The molecule has 10 heteroatoms. The van der Waals surface area contributed by atoms with Crippen molar-refractivity contribution in [3.05, 3.63) is 0 Å². The molecule has 0 saturated heterocycles. The van der Waals surface area contributed by atoms with Gasteiger partial charge in [0, 0.05) is 12.8 Å². The van der Waals surface area contributed by atoms with Gasteiger partial charge in [-0.15, -0.1) is 0 Å². The van der Waals surface area contributed by atoms with Crippen molar-refractivity contribution in [1.29, 1.82) is 0 Å². The number of rotatable bonds is 12. The fraction of sp³-hybridized carbons (Fsp3) is 0.818. The predicted molar refractivity (Wildman–Crippen MR) is 79.0 cm³/mol. The van der Waals surface area contributed by atoms with Crippen LogP contribution in [0.15, 0.2) is 10.1 Å². The fourth-order valence-electron chi connectivity index (χ4n) is 1.07. The average Bonchev–Trinajstić information content (AvgIpc) is 2.38. The number of nitrogens with zero attached hydrogens (tertiary/aromatic N) is 2. The lowest BCUT2D eigenvalue weighted by Gasteiger charge is -2.05. The van der Waals surface area contributed by atoms with Crippen LogP contribution in [0.5, 0.6) is 0 Å². The van der Waals surface area contributed by atoms with E-state index in [0.717, 1.165) is 0 Å². The van der Waals surface area contributed by atoms with Crippen molar-refractivity contribution in [2.45, 2.75) is 13.8 Å². The highest BCUT2D eigenvalue weighted by molar-refractivity contribution is 7.80. The van der Waals surface area contributed by atoms with E-state index in [4.69, 9.17) is 19.9 Å². The standard InChI is InChI=1S/C11H23N3O6S/c1-10(2)7-13-8-11(14-12)9-19-4-3-18-5-6-20-21(15,16)17/h8,10H,3-7,9,12H2,1-2H3,(H,15,16,17)/b13-8?,14-11+. The molecule has 124 valence electrons. The Balaban J connectivity index is 3.58. The monoisotopic (exact) mass is 325 g/mol. The quantitative estimate of drug-likeness (QED) is 0.168. The fourth-order valence-corrected chi connectivity index (χ4v) is 1.35. The van der Waals surface area contributed by atoms with Gasteiger partial charge in [-0.25, -0.2) is 4.18 Å². The molecule has 21 heavy (non-hydrogen) atoms. The molecule has 0 spiro atoms. The third-order valence-electron chi connectivity index (χ3n) is 1.96. The van der Waals surface area contributed by atoms with Crippen molar-refractivity contribution >= 4 is 22.3 Å². The molecule has 0 aliphatic carbocycles. The summed E-state index contributed by atoms with van der Waals surface area (Å²) in [4.78, 5) is 4.16. The number of ether oxygens (including phenoxy) is 2. The second-order valence-corrected chi connectivity index (χ2v) is 5.51. The zero-order valence-corrected chi connectivity index (χ0v) is 13.1. The third kappa shape index (κ3) is 15.1.